The van der Waals surface area contributed by atoms with Crippen LogP contribution in [-0.4, -0.2) is 25.7 Å². The van der Waals surface area contributed by atoms with Gasteiger partial charge in [0.25, 0.3) is 5.91 Å². The molecule has 7 heteroatoms. The maximum absolute atomic E-state index is 12.3. The Labute approximate surface area is 143 Å². The second-order valence-corrected chi connectivity index (χ2v) is 6.53. The molecule has 1 saturated carbocycles. The minimum absolute atomic E-state index is 0.0569. The standard InChI is InChI=1S/C18H17N5O2/c1-18(6-7-18)15-10-14(21-22-15)17(25)20-12-2-3-16(19-11-12)23-8-4-13(24)5-9-23/h2-5,8-11H,6-7H2,1H3,(H,20,25)(H,21,22). The largest absolute Gasteiger partial charge is 0.319 e. The lowest BCUT2D eigenvalue weighted by Crippen LogP contribution is -2.13. The van der Waals surface area contributed by atoms with E-state index in [-0.39, 0.29) is 16.8 Å². The van der Waals surface area contributed by atoms with E-state index in [9.17, 15) is 9.59 Å². The fourth-order valence-electron chi connectivity index (χ4n) is 2.58. The topological polar surface area (TPSA) is 92.7 Å². The van der Waals surface area contributed by atoms with Gasteiger partial charge in [0.2, 0.25) is 0 Å². The SMILES string of the molecule is CC1(c2cc(C(=O)Nc3ccc(-n4ccc(=O)cc4)nc3)n[nH]2)CC1. The Morgan fingerprint density at radius 3 is 2.64 bits per heavy atom. The Kier molecular flexibility index (Phi) is 3.49. The van der Waals surface area contributed by atoms with Gasteiger partial charge in [-0.3, -0.25) is 14.7 Å². The molecule has 2 N–H and O–H groups in total. The van der Waals surface area contributed by atoms with Crippen molar-refractivity contribution in [2.75, 3.05) is 5.32 Å². The van der Waals surface area contributed by atoms with Crippen molar-refractivity contribution in [3.05, 3.63) is 70.5 Å². The molecule has 1 aliphatic rings. The monoisotopic (exact) mass is 335 g/mol. The second-order valence-electron chi connectivity index (χ2n) is 6.53. The molecule has 0 bridgehead atoms. The second kappa shape index (κ2) is 5.70. The molecule has 0 unspecified atom stereocenters. The highest BCUT2D eigenvalue weighted by molar-refractivity contribution is 6.02. The molecule has 25 heavy (non-hydrogen) atoms. The number of pyridine rings is 2. The van der Waals surface area contributed by atoms with Crippen LogP contribution in [0.4, 0.5) is 5.69 Å². The van der Waals surface area contributed by atoms with Crippen LogP contribution in [0.5, 0.6) is 0 Å². The van der Waals surface area contributed by atoms with Gasteiger partial charge in [-0.05, 0) is 31.0 Å². The van der Waals surface area contributed by atoms with E-state index in [0.29, 0.717) is 17.2 Å². The van der Waals surface area contributed by atoms with Crippen molar-refractivity contribution >= 4 is 11.6 Å². The summed E-state index contributed by atoms with van der Waals surface area (Å²) in [4.78, 5) is 27.7. The number of anilines is 1. The van der Waals surface area contributed by atoms with Crippen molar-refractivity contribution in [2.45, 2.75) is 25.2 Å². The third kappa shape index (κ3) is 3.08. The number of hydrogen-bond donors (Lipinski definition) is 2. The normalized spacial score (nSPS) is 14.9. The number of rotatable bonds is 4. The first-order valence-electron chi connectivity index (χ1n) is 8.06. The molecule has 1 aliphatic carbocycles. The summed E-state index contributed by atoms with van der Waals surface area (Å²) < 4.78 is 1.73. The van der Waals surface area contributed by atoms with Gasteiger partial charge in [-0.2, -0.15) is 5.10 Å². The number of carbonyl (C=O) groups excluding carboxylic acids is 1. The lowest BCUT2D eigenvalue weighted by molar-refractivity contribution is 0.102. The number of H-pyrrole nitrogens is 1. The van der Waals surface area contributed by atoms with Crippen LogP contribution in [0.2, 0.25) is 0 Å². The van der Waals surface area contributed by atoms with Crippen LogP contribution in [0.1, 0.15) is 35.9 Å². The van der Waals surface area contributed by atoms with Crippen LogP contribution >= 0.6 is 0 Å². The molecule has 3 aromatic rings. The fraction of sp³-hybridized carbons (Fsp3) is 0.222. The summed E-state index contributed by atoms with van der Waals surface area (Å²) in [5, 5.41) is 9.84. The molecule has 3 aromatic heterocycles. The molecule has 1 fully saturated rings. The molecular weight excluding hydrogens is 318 g/mol. The summed E-state index contributed by atoms with van der Waals surface area (Å²) in [6.07, 6.45) is 7.10. The maximum atomic E-state index is 12.3. The lowest BCUT2D eigenvalue weighted by atomic mass is 10.1. The molecule has 0 spiro atoms. The van der Waals surface area contributed by atoms with Gasteiger partial charge >= 0.3 is 0 Å². The lowest BCUT2D eigenvalue weighted by Gasteiger charge is -2.07. The highest BCUT2D eigenvalue weighted by Gasteiger charge is 2.41. The van der Waals surface area contributed by atoms with E-state index in [0.717, 1.165) is 18.5 Å². The first-order chi connectivity index (χ1) is 12.0. The highest BCUT2D eigenvalue weighted by Crippen LogP contribution is 2.46. The number of carbonyl (C=O) groups is 1. The predicted octanol–water partition coefficient (Wildman–Crippen LogP) is 2.26. The van der Waals surface area contributed by atoms with E-state index in [1.807, 2.05) is 6.07 Å². The number of aromatic nitrogens is 4. The fourth-order valence-corrected chi connectivity index (χ4v) is 2.58. The predicted molar refractivity (Wildman–Crippen MR) is 93.0 cm³/mol. The Morgan fingerprint density at radius 1 is 1.24 bits per heavy atom. The Hall–Kier alpha value is -3.22. The van der Waals surface area contributed by atoms with Gasteiger partial charge in [-0.15, -0.1) is 0 Å². The average molecular weight is 335 g/mol. The summed E-state index contributed by atoms with van der Waals surface area (Å²) in [6, 6.07) is 8.26. The van der Waals surface area contributed by atoms with Gasteiger partial charge in [-0.1, -0.05) is 6.92 Å². The molecule has 0 aromatic carbocycles. The third-order valence-electron chi connectivity index (χ3n) is 4.53. The summed E-state index contributed by atoms with van der Waals surface area (Å²) in [5.41, 5.74) is 2.04. The van der Waals surface area contributed by atoms with Gasteiger partial charge in [0.15, 0.2) is 11.1 Å². The quantitative estimate of drug-likeness (QED) is 0.765. The van der Waals surface area contributed by atoms with Crippen LogP contribution in [-0.2, 0) is 5.41 Å². The summed E-state index contributed by atoms with van der Waals surface area (Å²) >= 11 is 0. The van der Waals surface area contributed by atoms with E-state index in [4.69, 9.17) is 0 Å². The summed E-state index contributed by atoms with van der Waals surface area (Å²) in [7, 11) is 0. The molecule has 0 aliphatic heterocycles. The zero-order valence-electron chi connectivity index (χ0n) is 13.7. The van der Waals surface area contributed by atoms with Crippen molar-refractivity contribution in [2.24, 2.45) is 0 Å². The van der Waals surface area contributed by atoms with E-state index in [1.165, 1.54) is 12.1 Å². The van der Waals surface area contributed by atoms with Crippen molar-refractivity contribution in [3.63, 3.8) is 0 Å². The molecule has 4 rings (SSSR count). The van der Waals surface area contributed by atoms with Crippen molar-refractivity contribution in [1.29, 1.82) is 0 Å². The van der Waals surface area contributed by atoms with Gasteiger partial charge in [0, 0.05) is 35.6 Å². The third-order valence-corrected chi connectivity index (χ3v) is 4.53. The summed E-state index contributed by atoms with van der Waals surface area (Å²) in [5.74, 6) is 0.381. The molecule has 126 valence electrons. The minimum Gasteiger partial charge on any atom is -0.319 e. The Morgan fingerprint density at radius 2 is 2.00 bits per heavy atom. The number of hydrogen-bond acceptors (Lipinski definition) is 4. The van der Waals surface area contributed by atoms with Gasteiger partial charge < -0.3 is 9.88 Å². The first kappa shape index (κ1) is 15.3. The molecule has 0 radical (unpaired) electrons. The first-order valence-corrected chi connectivity index (χ1v) is 8.06. The van der Waals surface area contributed by atoms with E-state index in [1.54, 1.807) is 35.3 Å². The number of aromatic amines is 1. The zero-order chi connectivity index (χ0) is 17.4. The van der Waals surface area contributed by atoms with Crippen LogP contribution in [0.15, 0.2) is 53.7 Å². The van der Waals surface area contributed by atoms with E-state index in [2.05, 4.69) is 27.4 Å². The summed E-state index contributed by atoms with van der Waals surface area (Å²) in [6.45, 7) is 2.15. The Bertz CT molecular complexity index is 963. The van der Waals surface area contributed by atoms with Crippen molar-refractivity contribution in [1.82, 2.24) is 19.7 Å². The van der Waals surface area contributed by atoms with Crippen LogP contribution in [0, 0.1) is 0 Å². The number of nitrogens with zero attached hydrogens (tertiary/aromatic N) is 3. The average Bonchev–Trinajstić information content (AvgIpc) is 3.17. The molecule has 0 saturated heterocycles. The zero-order valence-corrected chi connectivity index (χ0v) is 13.7. The van der Waals surface area contributed by atoms with Crippen molar-refractivity contribution < 1.29 is 4.79 Å². The van der Waals surface area contributed by atoms with Gasteiger partial charge in [0.1, 0.15) is 5.82 Å². The highest BCUT2D eigenvalue weighted by atomic mass is 16.2. The van der Waals surface area contributed by atoms with Gasteiger partial charge in [-0.25, -0.2) is 4.98 Å². The minimum atomic E-state index is -0.273. The van der Waals surface area contributed by atoms with E-state index >= 15 is 0 Å². The molecule has 3 heterocycles. The smallest absolute Gasteiger partial charge is 0.276 e. The molecule has 1 amide bonds. The Balaban J connectivity index is 1.47. The van der Waals surface area contributed by atoms with Crippen LogP contribution in [0.3, 0.4) is 0 Å². The molecular formula is C18H17N5O2. The van der Waals surface area contributed by atoms with Crippen LogP contribution in [0.25, 0.3) is 5.82 Å². The molecule has 7 nitrogen and oxygen atoms in total. The van der Waals surface area contributed by atoms with Crippen molar-refractivity contribution in [3.8, 4) is 5.82 Å². The van der Waals surface area contributed by atoms with Gasteiger partial charge in [0.05, 0.1) is 11.9 Å². The number of amides is 1. The maximum Gasteiger partial charge on any atom is 0.276 e. The molecule has 0 atom stereocenters. The number of nitrogens with one attached hydrogen (secondary N) is 2. The van der Waals surface area contributed by atoms with E-state index < -0.39 is 0 Å². The van der Waals surface area contributed by atoms with Crippen LogP contribution < -0.4 is 10.7 Å².